The van der Waals surface area contributed by atoms with E-state index < -0.39 is 12.6 Å². The monoisotopic (exact) mass is 384 g/mol. The second-order valence-electron chi connectivity index (χ2n) is 6.26. The van der Waals surface area contributed by atoms with Crippen LogP contribution in [0.25, 0.3) is 22.3 Å². The summed E-state index contributed by atoms with van der Waals surface area (Å²) in [6, 6.07) is 6.86. The van der Waals surface area contributed by atoms with E-state index in [0.717, 1.165) is 11.1 Å². The van der Waals surface area contributed by atoms with E-state index in [0.29, 0.717) is 39.5 Å². The molecule has 1 aromatic heterocycles. The normalized spacial score (nSPS) is 10.7. The number of hydrogen-bond acceptors (Lipinski definition) is 6. The minimum absolute atomic E-state index is 0.332. The van der Waals surface area contributed by atoms with Crippen molar-refractivity contribution in [2.45, 2.75) is 13.8 Å². The summed E-state index contributed by atoms with van der Waals surface area (Å²) in [6.45, 7) is 3.18. The Morgan fingerprint density at radius 3 is 2.36 bits per heavy atom. The molecule has 3 aromatic rings. The highest BCUT2D eigenvalue weighted by molar-refractivity contribution is 5.87. The van der Waals surface area contributed by atoms with Gasteiger partial charge in [0.2, 0.25) is 0 Å². The average Bonchev–Trinajstić information content (AvgIpc) is 2.65. The van der Waals surface area contributed by atoms with Crippen LogP contribution >= 0.6 is 0 Å². The number of methoxy groups -OCH3 is 2. The molecule has 0 aliphatic rings. The number of H-pyrrole nitrogens is 1. The first-order valence-corrected chi connectivity index (χ1v) is 8.46. The average molecular weight is 384 g/mol. The molecule has 0 aliphatic heterocycles. The topological polar surface area (TPSA) is 111 Å². The predicted octanol–water partition coefficient (Wildman–Crippen LogP) is 2.69. The van der Waals surface area contributed by atoms with Gasteiger partial charge in [-0.05, 0) is 37.1 Å². The number of nitrogens with one attached hydrogen (secondary N) is 1. The van der Waals surface area contributed by atoms with E-state index in [1.807, 2.05) is 0 Å². The standard InChI is InChI=1S/C20H20N2O6/c1-10-5-12(6-11(2)18(10)28-9-16(23)24)19-21-14-7-13(26-3)8-15(27-4)17(14)20(25)22-19/h5-8H,9H2,1-4H3,(H,23,24)(H,21,22,25). The number of ether oxygens (including phenoxy) is 3. The van der Waals surface area contributed by atoms with E-state index in [1.165, 1.54) is 14.2 Å². The van der Waals surface area contributed by atoms with Gasteiger partial charge in [-0.3, -0.25) is 4.79 Å². The third-order valence-corrected chi connectivity index (χ3v) is 4.28. The van der Waals surface area contributed by atoms with Crippen LogP contribution < -0.4 is 19.8 Å². The molecule has 3 rings (SSSR count). The molecule has 8 heteroatoms. The van der Waals surface area contributed by atoms with Gasteiger partial charge in [0, 0.05) is 17.7 Å². The Labute approximate surface area is 160 Å². The van der Waals surface area contributed by atoms with Crippen molar-refractivity contribution in [1.29, 1.82) is 0 Å². The second kappa shape index (κ2) is 7.59. The summed E-state index contributed by atoms with van der Waals surface area (Å²) in [5.74, 6) is 0.727. The molecule has 0 bridgehead atoms. The quantitative estimate of drug-likeness (QED) is 0.672. The fourth-order valence-corrected chi connectivity index (χ4v) is 3.08. The minimum Gasteiger partial charge on any atom is -0.497 e. The molecule has 0 saturated heterocycles. The van der Waals surface area contributed by atoms with E-state index in [4.69, 9.17) is 19.3 Å². The number of benzene rings is 2. The molecular formula is C20H20N2O6. The Balaban J connectivity index is 2.14. The lowest BCUT2D eigenvalue weighted by Crippen LogP contribution is -2.12. The number of nitrogens with zero attached hydrogens (tertiary/aromatic N) is 1. The van der Waals surface area contributed by atoms with Gasteiger partial charge in [-0.2, -0.15) is 0 Å². The summed E-state index contributed by atoms with van der Waals surface area (Å²) in [7, 11) is 3.00. The van der Waals surface area contributed by atoms with Crippen LogP contribution in [0.4, 0.5) is 0 Å². The first kappa shape index (κ1) is 19.2. The molecule has 0 radical (unpaired) electrons. The molecule has 146 valence electrons. The van der Waals surface area contributed by atoms with Crippen molar-refractivity contribution < 1.29 is 24.1 Å². The summed E-state index contributed by atoms with van der Waals surface area (Å²) >= 11 is 0. The molecule has 8 nitrogen and oxygen atoms in total. The highest BCUT2D eigenvalue weighted by atomic mass is 16.5. The fraction of sp³-hybridized carbons (Fsp3) is 0.250. The van der Waals surface area contributed by atoms with Crippen LogP contribution in [0.5, 0.6) is 17.2 Å². The summed E-state index contributed by atoms with van der Waals surface area (Å²) in [5, 5.41) is 9.15. The lowest BCUT2D eigenvalue weighted by Gasteiger charge is -2.13. The maximum absolute atomic E-state index is 12.7. The number of aliphatic carboxylic acids is 1. The van der Waals surface area contributed by atoms with Gasteiger partial charge in [-0.25, -0.2) is 9.78 Å². The van der Waals surface area contributed by atoms with E-state index in [9.17, 15) is 9.59 Å². The van der Waals surface area contributed by atoms with Crippen molar-refractivity contribution in [3.8, 4) is 28.6 Å². The summed E-state index contributed by atoms with van der Waals surface area (Å²) in [5.41, 5.74) is 2.26. The molecule has 0 saturated carbocycles. The maximum Gasteiger partial charge on any atom is 0.341 e. The molecule has 0 aliphatic carbocycles. The zero-order valence-electron chi connectivity index (χ0n) is 16.0. The van der Waals surface area contributed by atoms with Crippen LogP contribution in [0.3, 0.4) is 0 Å². The van der Waals surface area contributed by atoms with Crippen LogP contribution in [-0.4, -0.2) is 41.9 Å². The summed E-state index contributed by atoms with van der Waals surface area (Å²) < 4.78 is 15.9. The number of aromatic amines is 1. The number of rotatable bonds is 6. The van der Waals surface area contributed by atoms with Gasteiger partial charge in [0.15, 0.2) is 6.61 Å². The number of hydrogen-bond donors (Lipinski definition) is 2. The molecule has 0 atom stereocenters. The second-order valence-corrected chi connectivity index (χ2v) is 6.26. The van der Waals surface area contributed by atoms with E-state index >= 15 is 0 Å². The maximum atomic E-state index is 12.7. The fourth-order valence-electron chi connectivity index (χ4n) is 3.08. The van der Waals surface area contributed by atoms with Gasteiger partial charge in [0.25, 0.3) is 5.56 Å². The van der Waals surface area contributed by atoms with Crippen molar-refractivity contribution >= 4 is 16.9 Å². The highest BCUT2D eigenvalue weighted by Gasteiger charge is 2.15. The largest absolute Gasteiger partial charge is 0.497 e. The van der Waals surface area contributed by atoms with Gasteiger partial charge >= 0.3 is 5.97 Å². The Kier molecular flexibility index (Phi) is 5.21. The zero-order valence-corrected chi connectivity index (χ0v) is 16.0. The molecule has 28 heavy (non-hydrogen) atoms. The van der Waals surface area contributed by atoms with Gasteiger partial charge in [0.05, 0.1) is 19.7 Å². The van der Waals surface area contributed by atoms with E-state index in [1.54, 1.807) is 38.1 Å². The van der Waals surface area contributed by atoms with E-state index in [2.05, 4.69) is 9.97 Å². The van der Waals surface area contributed by atoms with Crippen molar-refractivity contribution in [2.24, 2.45) is 0 Å². The summed E-state index contributed by atoms with van der Waals surface area (Å²) in [6.07, 6.45) is 0. The molecule has 2 aromatic carbocycles. The van der Waals surface area contributed by atoms with Crippen LogP contribution in [0.15, 0.2) is 29.1 Å². The molecule has 0 amide bonds. The minimum atomic E-state index is -1.05. The number of carbonyl (C=O) groups is 1. The number of carboxylic acids is 1. The van der Waals surface area contributed by atoms with Crippen molar-refractivity contribution in [3.05, 3.63) is 45.7 Å². The van der Waals surface area contributed by atoms with Gasteiger partial charge in [-0.15, -0.1) is 0 Å². The van der Waals surface area contributed by atoms with Crippen molar-refractivity contribution in [1.82, 2.24) is 9.97 Å². The summed E-state index contributed by atoms with van der Waals surface area (Å²) in [4.78, 5) is 30.8. The number of fused-ring (bicyclic) bond motifs is 1. The molecule has 1 heterocycles. The first-order valence-electron chi connectivity index (χ1n) is 8.46. The molecule has 0 spiro atoms. The molecular weight excluding hydrogens is 364 g/mol. The highest BCUT2D eigenvalue weighted by Crippen LogP contribution is 2.31. The lowest BCUT2D eigenvalue weighted by molar-refractivity contribution is -0.139. The van der Waals surface area contributed by atoms with Crippen molar-refractivity contribution in [3.63, 3.8) is 0 Å². The van der Waals surface area contributed by atoms with Crippen LogP contribution in [0.2, 0.25) is 0 Å². The zero-order chi connectivity index (χ0) is 20.4. The Bertz CT molecular complexity index is 1100. The first-order chi connectivity index (χ1) is 13.3. The van der Waals surface area contributed by atoms with Crippen LogP contribution in [0.1, 0.15) is 11.1 Å². The van der Waals surface area contributed by atoms with Crippen molar-refractivity contribution in [2.75, 3.05) is 20.8 Å². The third kappa shape index (κ3) is 3.62. The number of carboxylic acid groups (broad SMARTS) is 1. The molecule has 2 N–H and O–H groups in total. The van der Waals surface area contributed by atoms with E-state index in [-0.39, 0.29) is 5.56 Å². The Morgan fingerprint density at radius 1 is 1.11 bits per heavy atom. The Morgan fingerprint density at radius 2 is 1.79 bits per heavy atom. The number of aryl methyl sites for hydroxylation is 2. The SMILES string of the molecule is COc1cc(OC)c2c(=O)[nH]c(-c3cc(C)c(OCC(=O)O)c(C)c3)nc2c1. The Hall–Kier alpha value is -3.55. The van der Waals surface area contributed by atoms with Crippen LogP contribution in [0, 0.1) is 13.8 Å². The smallest absolute Gasteiger partial charge is 0.341 e. The number of aromatic nitrogens is 2. The lowest BCUT2D eigenvalue weighted by atomic mass is 10.0. The molecule has 0 unspecified atom stereocenters. The van der Waals surface area contributed by atoms with Gasteiger partial charge in [0.1, 0.15) is 28.5 Å². The van der Waals surface area contributed by atoms with Gasteiger partial charge in [-0.1, -0.05) is 0 Å². The van der Waals surface area contributed by atoms with Gasteiger partial charge < -0.3 is 24.3 Å². The third-order valence-electron chi connectivity index (χ3n) is 4.28. The predicted molar refractivity (Wildman–Crippen MR) is 104 cm³/mol. The van der Waals surface area contributed by atoms with Crippen LogP contribution in [-0.2, 0) is 4.79 Å². The molecule has 0 fully saturated rings.